The molecule has 0 spiro atoms. The number of nitrogens with two attached hydrogens (primary N) is 1. The summed E-state index contributed by atoms with van der Waals surface area (Å²) >= 11 is 0. The van der Waals surface area contributed by atoms with Gasteiger partial charge in [-0.25, -0.2) is 0 Å². The Morgan fingerprint density at radius 3 is 2.61 bits per heavy atom. The highest BCUT2D eigenvalue weighted by atomic mass is 16.2. The predicted octanol–water partition coefficient (Wildman–Crippen LogP) is 0.914. The summed E-state index contributed by atoms with van der Waals surface area (Å²) in [6.07, 6.45) is 3.50. The van der Waals surface area contributed by atoms with Crippen LogP contribution in [-0.4, -0.2) is 54.5 Å². The van der Waals surface area contributed by atoms with Crippen LogP contribution in [0.3, 0.4) is 0 Å². The molecular formula is C14H27N3O. The minimum absolute atomic E-state index is 0.0321. The number of piperidine rings is 1. The van der Waals surface area contributed by atoms with Gasteiger partial charge in [-0.2, -0.15) is 0 Å². The van der Waals surface area contributed by atoms with Crippen LogP contribution in [0.5, 0.6) is 0 Å². The zero-order valence-electron chi connectivity index (χ0n) is 11.8. The third-order valence-electron chi connectivity index (χ3n) is 4.77. The second kappa shape index (κ2) is 6.02. The molecule has 0 aliphatic carbocycles. The Morgan fingerprint density at radius 1 is 1.33 bits per heavy atom. The molecule has 0 bridgehead atoms. The van der Waals surface area contributed by atoms with Gasteiger partial charge in [0.25, 0.3) is 0 Å². The molecule has 2 heterocycles. The van der Waals surface area contributed by atoms with Gasteiger partial charge in [0, 0.05) is 19.6 Å². The molecule has 2 fully saturated rings. The van der Waals surface area contributed by atoms with Crippen molar-refractivity contribution >= 4 is 5.91 Å². The zero-order chi connectivity index (χ0) is 13.1. The zero-order valence-corrected chi connectivity index (χ0v) is 11.8. The molecule has 2 saturated heterocycles. The maximum atomic E-state index is 12.4. The molecule has 2 N–H and O–H groups in total. The highest BCUT2D eigenvalue weighted by Gasteiger charge is 2.32. The monoisotopic (exact) mass is 253 g/mol. The number of nitrogens with zero attached hydrogens (tertiary/aromatic N) is 2. The average Bonchev–Trinajstić information content (AvgIpc) is 2.91. The number of carbonyl (C=O) groups is 1. The van der Waals surface area contributed by atoms with Crippen LogP contribution >= 0.6 is 0 Å². The molecule has 18 heavy (non-hydrogen) atoms. The molecule has 0 aromatic heterocycles. The molecule has 0 saturated carbocycles. The van der Waals surface area contributed by atoms with Gasteiger partial charge in [-0.15, -0.1) is 0 Å². The van der Waals surface area contributed by atoms with E-state index >= 15 is 0 Å². The van der Waals surface area contributed by atoms with Crippen molar-refractivity contribution in [2.45, 2.75) is 39.2 Å². The summed E-state index contributed by atoms with van der Waals surface area (Å²) in [4.78, 5) is 16.7. The molecule has 2 aliphatic rings. The molecule has 1 amide bonds. The smallest absolute Gasteiger partial charge is 0.239 e. The third kappa shape index (κ3) is 2.86. The molecule has 2 rings (SSSR count). The SMILES string of the molecule is CC1CCN(C(C)C(=O)N2CCCC2)CC1CN. The third-order valence-corrected chi connectivity index (χ3v) is 4.77. The Bertz CT molecular complexity index is 289. The van der Waals surface area contributed by atoms with Gasteiger partial charge in [0.1, 0.15) is 0 Å². The first-order valence-corrected chi connectivity index (χ1v) is 7.36. The van der Waals surface area contributed by atoms with Crippen LogP contribution in [-0.2, 0) is 4.79 Å². The molecule has 104 valence electrons. The second-order valence-electron chi connectivity index (χ2n) is 5.97. The Balaban J connectivity index is 1.92. The number of hydrogen-bond acceptors (Lipinski definition) is 3. The van der Waals surface area contributed by atoms with Crippen molar-refractivity contribution in [1.82, 2.24) is 9.80 Å². The van der Waals surface area contributed by atoms with E-state index in [1.54, 1.807) is 0 Å². The van der Waals surface area contributed by atoms with E-state index in [4.69, 9.17) is 5.73 Å². The molecule has 4 heteroatoms. The van der Waals surface area contributed by atoms with E-state index < -0.39 is 0 Å². The van der Waals surface area contributed by atoms with Gasteiger partial charge >= 0.3 is 0 Å². The average molecular weight is 253 g/mol. The maximum Gasteiger partial charge on any atom is 0.239 e. The summed E-state index contributed by atoms with van der Waals surface area (Å²) in [5, 5.41) is 0. The van der Waals surface area contributed by atoms with Crippen molar-refractivity contribution in [2.24, 2.45) is 17.6 Å². The quantitative estimate of drug-likeness (QED) is 0.813. The molecule has 4 nitrogen and oxygen atoms in total. The van der Waals surface area contributed by atoms with E-state index in [1.807, 2.05) is 4.90 Å². The number of hydrogen-bond donors (Lipinski definition) is 1. The molecule has 0 radical (unpaired) electrons. The van der Waals surface area contributed by atoms with E-state index in [0.717, 1.165) is 32.7 Å². The number of amides is 1. The van der Waals surface area contributed by atoms with Crippen LogP contribution in [0.1, 0.15) is 33.1 Å². The van der Waals surface area contributed by atoms with E-state index in [1.165, 1.54) is 19.3 Å². The Morgan fingerprint density at radius 2 is 2.00 bits per heavy atom. The largest absolute Gasteiger partial charge is 0.341 e. The maximum absolute atomic E-state index is 12.4. The Hall–Kier alpha value is -0.610. The molecule has 2 aliphatic heterocycles. The standard InChI is InChI=1S/C14H27N3O/c1-11-5-8-17(10-13(11)9-15)12(2)14(18)16-6-3-4-7-16/h11-13H,3-10,15H2,1-2H3. The van der Waals surface area contributed by atoms with Crippen molar-refractivity contribution in [3.05, 3.63) is 0 Å². The number of likely N-dealkylation sites (tertiary alicyclic amines) is 2. The summed E-state index contributed by atoms with van der Waals surface area (Å²) in [6.45, 7) is 9.01. The van der Waals surface area contributed by atoms with E-state index in [-0.39, 0.29) is 6.04 Å². The van der Waals surface area contributed by atoms with Crippen molar-refractivity contribution in [3.63, 3.8) is 0 Å². The number of rotatable bonds is 3. The lowest BCUT2D eigenvalue weighted by Crippen LogP contribution is -2.52. The van der Waals surface area contributed by atoms with Gasteiger partial charge in [0.05, 0.1) is 6.04 Å². The van der Waals surface area contributed by atoms with Gasteiger partial charge in [0.15, 0.2) is 0 Å². The van der Waals surface area contributed by atoms with E-state index in [0.29, 0.717) is 17.7 Å². The summed E-state index contributed by atoms with van der Waals surface area (Å²) < 4.78 is 0. The van der Waals surface area contributed by atoms with Crippen molar-refractivity contribution in [1.29, 1.82) is 0 Å². The molecule has 0 aromatic carbocycles. The lowest BCUT2D eigenvalue weighted by Gasteiger charge is -2.40. The fourth-order valence-electron chi connectivity index (χ4n) is 3.19. The first-order valence-electron chi connectivity index (χ1n) is 7.36. The normalized spacial score (nSPS) is 31.6. The molecule has 0 aromatic rings. The van der Waals surface area contributed by atoms with Crippen LogP contribution in [0.4, 0.5) is 0 Å². The summed E-state index contributed by atoms with van der Waals surface area (Å²) in [5.74, 6) is 1.56. The van der Waals surface area contributed by atoms with E-state index in [9.17, 15) is 4.79 Å². The van der Waals surface area contributed by atoms with Gasteiger partial charge < -0.3 is 10.6 Å². The fourth-order valence-corrected chi connectivity index (χ4v) is 3.19. The van der Waals surface area contributed by atoms with Crippen LogP contribution in [0.25, 0.3) is 0 Å². The van der Waals surface area contributed by atoms with Crippen LogP contribution in [0.2, 0.25) is 0 Å². The lowest BCUT2D eigenvalue weighted by molar-refractivity contribution is -0.136. The van der Waals surface area contributed by atoms with Gasteiger partial charge in [-0.3, -0.25) is 9.69 Å². The second-order valence-corrected chi connectivity index (χ2v) is 5.97. The highest BCUT2D eigenvalue weighted by molar-refractivity contribution is 5.81. The fraction of sp³-hybridized carbons (Fsp3) is 0.929. The topological polar surface area (TPSA) is 49.6 Å². The van der Waals surface area contributed by atoms with Gasteiger partial charge in [-0.05, 0) is 51.1 Å². The summed E-state index contributed by atoms with van der Waals surface area (Å²) in [5.41, 5.74) is 5.83. The predicted molar refractivity (Wildman–Crippen MR) is 73.2 cm³/mol. The first kappa shape index (κ1) is 13.8. The molecule has 3 atom stereocenters. The minimum atomic E-state index is 0.0321. The van der Waals surface area contributed by atoms with Crippen LogP contribution < -0.4 is 5.73 Å². The molecular weight excluding hydrogens is 226 g/mol. The lowest BCUT2D eigenvalue weighted by atomic mass is 9.86. The van der Waals surface area contributed by atoms with Gasteiger partial charge in [0.2, 0.25) is 5.91 Å². The molecule has 3 unspecified atom stereocenters. The van der Waals surface area contributed by atoms with Crippen molar-refractivity contribution < 1.29 is 4.79 Å². The Labute approximate surface area is 110 Å². The van der Waals surface area contributed by atoms with E-state index in [2.05, 4.69) is 18.7 Å². The number of carbonyl (C=O) groups excluding carboxylic acids is 1. The van der Waals surface area contributed by atoms with Crippen LogP contribution in [0, 0.1) is 11.8 Å². The van der Waals surface area contributed by atoms with Crippen molar-refractivity contribution in [2.75, 3.05) is 32.7 Å². The Kier molecular flexibility index (Phi) is 4.62. The van der Waals surface area contributed by atoms with Crippen molar-refractivity contribution in [3.8, 4) is 0 Å². The minimum Gasteiger partial charge on any atom is -0.341 e. The summed E-state index contributed by atoms with van der Waals surface area (Å²) in [7, 11) is 0. The van der Waals surface area contributed by atoms with Gasteiger partial charge in [-0.1, -0.05) is 6.92 Å². The highest BCUT2D eigenvalue weighted by Crippen LogP contribution is 2.24. The summed E-state index contributed by atoms with van der Waals surface area (Å²) in [6, 6.07) is 0.0321. The first-order chi connectivity index (χ1) is 8.63. The van der Waals surface area contributed by atoms with Crippen LogP contribution in [0.15, 0.2) is 0 Å².